The van der Waals surface area contributed by atoms with E-state index in [0.717, 1.165) is 19.4 Å². The number of likely N-dealkylation sites (N-methyl/N-ethyl adjacent to an activating group) is 1. The SMILES string of the molecule is CN(CCCc1ccccc1)CC(=O)O.O=[N+]([O-])c1ccc(O)cc1. The minimum absolute atomic E-state index is 0.0159. The van der Waals surface area contributed by atoms with Gasteiger partial charge in [-0.25, -0.2) is 0 Å². The number of phenols is 1. The molecule has 7 heteroatoms. The Bertz CT molecular complexity index is 659. The number of aryl methyl sites for hydroxylation is 1. The van der Waals surface area contributed by atoms with E-state index in [0.29, 0.717) is 0 Å². The highest BCUT2D eigenvalue weighted by atomic mass is 16.6. The number of carbonyl (C=O) groups is 1. The number of phenolic OH excluding ortho intramolecular Hbond substituents is 1. The smallest absolute Gasteiger partial charge is 0.317 e. The van der Waals surface area contributed by atoms with Crippen LogP contribution in [-0.4, -0.2) is 46.1 Å². The monoisotopic (exact) mass is 346 g/mol. The van der Waals surface area contributed by atoms with Gasteiger partial charge in [-0.05, 0) is 44.1 Å². The summed E-state index contributed by atoms with van der Waals surface area (Å²) < 4.78 is 0. The van der Waals surface area contributed by atoms with Crippen LogP contribution in [0.5, 0.6) is 5.75 Å². The largest absolute Gasteiger partial charge is 0.508 e. The predicted octanol–water partition coefficient (Wildman–Crippen LogP) is 2.94. The number of nitro benzene ring substituents is 1. The highest BCUT2D eigenvalue weighted by molar-refractivity contribution is 5.68. The summed E-state index contributed by atoms with van der Waals surface area (Å²) in [4.78, 5) is 21.7. The van der Waals surface area contributed by atoms with Crippen molar-refractivity contribution < 1.29 is 19.9 Å². The van der Waals surface area contributed by atoms with Crippen molar-refractivity contribution in [3.63, 3.8) is 0 Å². The van der Waals surface area contributed by atoms with E-state index in [9.17, 15) is 14.9 Å². The van der Waals surface area contributed by atoms with Gasteiger partial charge in [-0.3, -0.25) is 19.8 Å². The molecule has 2 rings (SSSR count). The van der Waals surface area contributed by atoms with Crippen LogP contribution in [0.2, 0.25) is 0 Å². The van der Waals surface area contributed by atoms with E-state index in [1.54, 1.807) is 0 Å². The molecule has 0 amide bonds. The molecule has 0 saturated heterocycles. The molecule has 2 aromatic rings. The lowest BCUT2D eigenvalue weighted by Gasteiger charge is -2.13. The molecule has 0 fully saturated rings. The average molecular weight is 346 g/mol. The standard InChI is InChI=1S/C12H17NO2.C6H5NO3/c1-13(10-12(14)15)9-5-8-11-6-3-2-4-7-11;8-6-3-1-5(2-4-6)7(9)10/h2-4,6-7H,5,8-10H2,1H3,(H,14,15);1-4,8H. The highest BCUT2D eigenvalue weighted by Crippen LogP contribution is 2.15. The van der Waals surface area contributed by atoms with Gasteiger partial charge in [0.1, 0.15) is 5.75 Å². The third kappa shape index (κ3) is 9.07. The van der Waals surface area contributed by atoms with Gasteiger partial charge in [0.05, 0.1) is 11.5 Å². The second kappa shape index (κ2) is 10.8. The van der Waals surface area contributed by atoms with Crippen molar-refractivity contribution in [2.24, 2.45) is 0 Å². The molecule has 0 bridgehead atoms. The summed E-state index contributed by atoms with van der Waals surface area (Å²) in [5.74, 6) is -0.734. The molecule has 0 radical (unpaired) electrons. The van der Waals surface area contributed by atoms with Gasteiger partial charge in [-0.15, -0.1) is 0 Å². The number of aromatic hydroxyl groups is 1. The van der Waals surface area contributed by atoms with Gasteiger partial charge in [0.15, 0.2) is 0 Å². The summed E-state index contributed by atoms with van der Waals surface area (Å²) in [5, 5.41) is 27.3. The van der Waals surface area contributed by atoms with Crippen molar-refractivity contribution in [1.29, 1.82) is 0 Å². The zero-order chi connectivity index (χ0) is 18.7. The summed E-state index contributed by atoms with van der Waals surface area (Å²) >= 11 is 0. The second-order valence-electron chi connectivity index (χ2n) is 5.49. The lowest BCUT2D eigenvalue weighted by atomic mass is 10.1. The normalized spacial score (nSPS) is 10.0. The first-order valence-electron chi connectivity index (χ1n) is 7.76. The van der Waals surface area contributed by atoms with Crippen molar-refractivity contribution in [2.75, 3.05) is 20.1 Å². The molecule has 0 unspecified atom stereocenters. The lowest BCUT2D eigenvalue weighted by molar-refractivity contribution is -0.384. The molecule has 134 valence electrons. The molecule has 0 aromatic heterocycles. The zero-order valence-electron chi connectivity index (χ0n) is 14.0. The number of hydrogen-bond acceptors (Lipinski definition) is 5. The number of non-ortho nitro benzene ring substituents is 1. The van der Waals surface area contributed by atoms with Gasteiger partial charge in [0.2, 0.25) is 0 Å². The van der Waals surface area contributed by atoms with Crippen LogP contribution < -0.4 is 0 Å². The molecule has 2 aromatic carbocycles. The number of rotatable bonds is 7. The second-order valence-corrected chi connectivity index (χ2v) is 5.49. The molecule has 0 aliphatic rings. The third-order valence-electron chi connectivity index (χ3n) is 3.31. The number of nitro groups is 1. The first-order chi connectivity index (χ1) is 11.9. The van der Waals surface area contributed by atoms with Crippen LogP contribution in [0.1, 0.15) is 12.0 Å². The lowest BCUT2D eigenvalue weighted by Crippen LogP contribution is -2.26. The number of aliphatic carboxylic acids is 1. The summed E-state index contributed by atoms with van der Waals surface area (Å²) in [7, 11) is 1.83. The molecular weight excluding hydrogens is 324 g/mol. The van der Waals surface area contributed by atoms with E-state index >= 15 is 0 Å². The van der Waals surface area contributed by atoms with E-state index in [1.165, 1.54) is 29.8 Å². The fourth-order valence-electron chi connectivity index (χ4n) is 2.08. The summed E-state index contributed by atoms with van der Waals surface area (Å²) in [5.41, 5.74) is 1.29. The molecule has 7 nitrogen and oxygen atoms in total. The molecule has 0 heterocycles. The minimum atomic E-state index is -0.766. The first-order valence-corrected chi connectivity index (χ1v) is 7.76. The Balaban J connectivity index is 0.000000271. The van der Waals surface area contributed by atoms with E-state index in [1.807, 2.05) is 30.1 Å². The fraction of sp³-hybridized carbons (Fsp3) is 0.278. The van der Waals surface area contributed by atoms with Crippen molar-refractivity contribution in [2.45, 2.75) is 12.8 Å². The Kier molecular flexibility index (Phi) is 8.67. The van der Waals surface area contributed by atoms with Crippen LogP contribution >= 0.6 is 0 Å². The van der Waals surface area contributed by atoms with Crippen molar-refractivity contribution in [3.05, 3.63) is 70.3 Å². The summed E-state index contributed by atoms with van der Waals surface area (Å²) in [6.45, 7) is 0.940. The van der Waals surface area contributed by atoms with Crippen molar-refractivity contribution in [1.82, 2.24) is 4.90 Å². The third-order valence-corrected chi connectivity index (χ3v) is 3.31. The number of carboxylic acid groups (broad SMARTS) is 1. The van der Waals surface area contributed by atoms with Gasteiger partial charge in [0.25, 0.3) is 5.69 Å². The number of benzene rings is 2. The number of hydrogen-bond donors (Lipinski definition) is 2. The van der Waals surface area contributed by atoms with Crippen LogP contribution in [0.15, 0.2) is 54.6 Å². The fourth-order valence-corrected chi connectivity index (χ4v) is 2.08. The van der Waals surface area contributed by atoms with Crippen LogP contribution in [0, 0.1) is 10.1 Å². The quantitative estimate of drug-likeness (QED) is 0.590. The maximum atomic E-state index is 10.4. The Hall–Kier alpha value is -2.93. The van der Waals surface area contributed by atoms with E-state index in [-0.39, 0.29) is 18.0 Å². The molecule has 0 aliphatic carbocycles. The van der Waals surface area contributed by atoms with Crippen LogP contribution in [0.3, 0.4) is 0 Å². The average Bonchev–Trinajstić information content (AvgIpc) is 2.56. The van der Waals surface area contributed by atoms with Gasteiger partial charge < -0.3 is 10.2 Å². The Morgan fingerprint density at radius 2 is 1.72 bits per heavy atom. The Labute approximate surface area is 146 Å². The first kappa shape index (κ1) is 20.1. The van der Waals surface area contributed by atoms with Crippen LogP contribution in [-0.2, 0) is 11.2 Å². The predicted molar refractivity (Wildman–Crippen MR) is 94.7 cm³/mol. The summed E-state index contributed by atoms with van der Waals surface area (Å²) in [6.07, 6.45) is 2.00. The van der Waals surface area contributed by atoms with Crippen molar-refractivity contribution >= 4 is 11.7 Å². The zero-order valence-corrected chi connectivity index (χ0v) is 14.0. The van der Waals surface area contributed by atoms with Crippen LogP contribution in [0.4, 0.5) is 5.69 Å². The van der Waals surface area contributed by atoms with Gasteiger partial charge in [-0.2, -0.15) is 0 Å². The van der Waals surface area contributed by atoms with Crippen LogP contribution in [0.25, 0.3) is 0 Å². The van der Waals surface area contributed by atoms with Crippen molar-refractivity contribution in [3.8, 4) is 5.75 Å². The Morgan fingerprint density at radius 3 is 2.24 bits per heavy atom. The maximum Gasteiger partial charge on any atom is 0.317 e. The summed E-state index contributed by atoms with van der Waals surface area (Å²) in [6, 6.07) is 15.3. The minimum Gasteiger partial charge on any atom is -0.508 e. The molecule has 0 spiro atoms. The molecule has 2 N–H and O–H groups in total. The van der Waals surface area contributed by atoms with Gasteiger partial charge >= 0.3 is 5.97 Å². The molecular formula is C18H22N2O5. The molecule has 25 heavy (non-hydrogen) atoms. The Morgan fingerprint density at radius 1 is 1.12 bits per heavy atom. The van der Waals surface area contributed by atoms with E-state index in [2.05, 4.69) is 12.1 Å². The highest BCUT2D eigenvalue weighted by Gasteiger charge is 2.03. The van der Waals surface area contributed by atoms with Gasteiger partial charge in [-0.1, -0.05) is 30.3 Å². The molecule has 0 atom stereocenters. The van der Waals surface area contributed by atoms with Gasteiger partial charge in [0, 0.05) is 12.1 Å². The molecule has 0 saturated carbocycles. The van der Waals surface area contributed by atoms with E-state index in [4.69, 9.17) is 10.2 Å². The van der Waals surface area contributed by atoms with E-state index < -0.39 is 10.9 Å². The molecule has 0 aliphatic heterocycles. The maximum absolute atomic E-state index is 10.4. The topological polar surface area (TPSA) is 104 Å². The number of nitrogens with zero attached hydrogens (tertiary/aromatic N) is 2. The number of carboxylic acids is 1.